The maximum Gasteiger partial charge on any atom is 0.224 e. The summed E-state index contributed by atoms with van der Waals surface area (Å²) in [5.41, 5.74) is 2.53. The smallest absolute Gasteiger partial charge is 0.224 e. The third-order valence-electron chi connectivity index (χ3n) is 5.06. The van der Waals surface area contributed by atoms with Crippen molar-refractivity contribution in [3.63, 3.8) is 0 Å². The second kappa shape index (κ2) is 6.57. The summed E-state index contributed by atoms with van der Waals surface area (Å²) in [6.45, 7) is 6.36. The molecule has 120 valence electrons. The first kappa shape index (κ1) is 15.8. The summed E-state index contributed by atoms with van der Waals surface area (Å²) in [5.74, 6) is 1.26. The molecule has 1 saturated carbocycles. The van der Waals surface area contributed by atoms with E-state index in [1.54, 1.807) is 0 Å². The molecule has 1 aliphatic rings. The van der Waals surface area contributed by atoms with Crippen LogP contribution in [0.3, 0.4) is 0 Å². The van der Waals surface area contributed by atoms with Gasteiger partial charge in [-0.15, -0.1) is 0 Å². The van der Waals surface area contributed by atoms with E-state index in [0.717, 1.165) is 0 Å². The van der Waals surface area contributed by atoms with Gasteiger partial charge in [0.1, 0.15) is 0 Å². The highest BCUT2D eigenvalue weighted by atomic mass is 16.2. The van der Waals surface area contributed by atoms with Gasteiger partial charge in [0.25, 0.3) is 0 Å². The highest BCUT2D eigenvalue weighted by Gasteiger charge is 2.56. The van der Waals surface area contributed by atoms with Crippen molar-refractivity contribution in [1.29, 1.82) is 0 Å². The summed E-state index contributed by atoms with van der Waals surface area (Å²) in [4.78, 5) is 12.8. The molecule has 2 aromatic carbocycles. The quantitative estimate of drug-likeness (QED) is 0.874. The summed E-state index contributed by atoms with van der Waals surface area (Å²) >= 11 is 0. The summed E-state index contributed by atoms with van der Waals surface area (Å²) in [6, 6.07) is 21.0. The maximum atomic E-state index is 12.8. The average Bonchev–Trinajstić information content (AvgIpc) is 3.32. The van der Waals surface area contributed by atoms with E-state index >= 15 is 0 Å². The first-order valence-corrected chi connectivity index (χ1v) is 8.50. The van der Waals surface area contributed by atoms with E-state index in [1.807, 2.05) is 12.1 Å². The Kier molecular flexibility index (Phi) is 4.51. The van der Waals surface area contributed by atoms with E-state index in [4.69, 9.17) is 0 Å². The van der Waals surface area contributed by atoms with Gasteiger partial charge < -0.3 is 5.32 Å². The lowest BCUT2D eigenvalue weighted by atomic mass is 10.0. The van der Waals surface area contributed by atoms with Crippen molar-refractivity contribution in [2.45, 2.75) is 38.6 Å². The summed E-state index contributed by atoms with van der Waals surface area (Å²) < 4.78 is 0. The second-order valence-corrected chi connectivity index (χ2v) is 6.94. The van der Waals surface area contributed by atoms with Crippen molar-refractivity contribution in [2.75, 3.05) is 0 Å². The SMILES string of the molecule is CC(C)[C@@H](C)NC(=O)C1[C@H](c2ccccc2)[C@H]1c1ccccc1. The zero-order valence-electron chi connectivity index (χ0n) is 14.1. The molecule has 1 fully saturated rings. The zero-order chi connectivity index (χ0) is 16.4. The highest BCUT2D eigenvalue weighted by Crippen LogP contribution is 2.60. The minimum atomic E-state index is 0.0426. The number of amides is 1. The number of rotatable bonds is 5. The largest absolute Gasteiger partial charge is 0.353 e. The molecule has 0 radical (unpaired) electrons. The highest BCUT2D eigenvalue weighted by molar-refractivity contribution is 5.85. The van der Waals surface area contributed by atoms with Gasteiger partial charge in [-0.3, -0.25) is 4.79 Å². The lowest BCUT2D eigenvalue weighted by Gasteiger charge is -2.17. The fraction of sp³-hybridized carbons (Fsp3) is 0.381. The second-order valence-electron chi connectivity index (χ2n) is 6.94. The van der Waals surface area contributed by atoms with Crippen molar-refractivity contribution in [3.8, 4) is 0 Å². The standard InChI is InChI=1S/C21H25NO/c1-14(2)15(3)22-21(23)20-18(16-10-6-4-7-11-16)19(20)17-12-8-5-9-13-17/h4-15,18-20H,1-3H3,(H,22,23)/t15-,18-,19-/m1/s1. The molecule has 0 aromatic heterocycles. The molecule has 3 rings (SSSR count). The van der Waals surface area contributed by atoms with Crippen LogP contribution in [0.1, 0.15) is 43.7 Å². The average molecular weight is 307 g/mol. The maximum absolute atomic E-state index is 12.8. The fourth-order valence-electron chi connectivity index (χ4n) is 3.30. The first-order valence-electron chi connectivity index (χ1n) is 8.50. The van der Waals surface area contributed by atoms with Crippen LogP contribution in [-0.4, -0.2) is 11.9 Å². The Morgan fingerprint density at radius 2 is 1.26 bits per heavy atom. The topological polar surface area (TPSA) is 29.1 Å². The molecule has 0 spiro atoms. The number of hydrogen-bond donors (Lipinski definition) is 1. The van der Waals surface area contributed by atoms with E-state index < -0.39 is 0 Å². The molecule has 2 heteroatoms. The molecule has 0 saturated heterocycles. The number of nitrogens with one attached hydrogen (secondary N) is 1. The van der Waals surface area contributed by atoms with Crippen molar-refractivity contribution >= 4 is 5.91 Å². The van der Waals surface area contributed by atoms with Gasteiger partial charge in [-0.1, -0.05) is 74.5 Å². The van der Waals surface area contributed by atoms with Gasteiger partial charge in [0.2, 0.25) is 5.91 Å². The van der Waals surface area contributed by atoms with E-state index in [2.05, 4.69) is 74.6 Å². The molecule has 0 aliphatic heterocycles. The van der Waals surface area contributed by atoms with E-state index in [-0.39, 0.29) is 29.7 Å². The molecule has 1 N–H and O–H groups in total. The van der Waals surface area contributed by atoms with Gasteiger partial charge in [0.15, 0.2) is 0 Å². The molecular formula is C21H25NO. The molecule has 1 amide bonds. The number of hydrogen-bond acceptors (Lipinski definition) is 1. The Morgan fingerprint density at radius 1 is 0.826 bits per heavy atom. The Bertz CT molecular complexity index is 605. The fourth-order valence-corrected chi connectivity index (χ4v) is 3.30. The molecule has 0 bridgehead atoms. The van der Waals surface area contributed by atoms with Crippen LogP contribution in [0.25, 0.3) is 0 Å². The molecule has 0 heterocycles. The first-order chi connectivity index (χ1) is 11.1. The summed E-state index contributed by atoms with van der Waals surface area (Å²) in [6.07, 6.45) is 0. The molecule has 2 nitrogen and oxygen atoms in total. The van der Waals surface area contributed by atoms with Crippen LogP contribution in [0.15, 0.2) is 60.7 Å². The van der Waals surface area contributed by atoms with Crippen LogP contribution in [0.5, 0.6) is 0 Å². The number of benzene rings is 2. The molecule has 23 heavy (non-hydrogen) atoms. The van der Waals surface area contributed by atoms with Crippen LogP contribution >= 0.6 is 0 Å². The van der Waals surface area contributed by atoms with Crippen molar-refractivity contribution in [1.82, 2.24) is 5.32 Å². The van der Waals surface area contributed by atoms with Crippen LogP contribution in [0.2, 0.25) is 0 Å². The minimum Gasteiger partial charge on any atom is -0.353 e. The van der Waals surface area contributed by atoms with Gasteiger partial charge in [-0.25, -0.2) is 0 Å². The molecule has 1 aliphatic carbocycles. The monoisotopic (exact) mass is 307 g/mol. The van der Waals surface area contributed by atoms with Crippen LogP contribution in [-0.2, 0) is 4.79 Å². The normalized spacial score (nSPS) is 24.3. The van der Waals surface area contributed by atoms with Gasteiger partial charge in [0, 0.05) is 17.9 Å². The van der Waals surface area contributed by atoms with Gasteiger partial charge >= 0.3 is 0 Å². The third-order valence-corrected chi connectivity index (χ3v) is 5.06. The zero-order valence-corrected chi connectivity index (χ0v) is 14.1. The Balaban J connectivity index is 1.83. The van der Waals surface area contributed by atoms with E-state index in [1.165, 1.54) is 11.1 Å². The van der Waals surface area contributed by atoms with Gasteiger partial charge in [-0.05, 0) is 24.0 Å². The van der Waals surface area contributed by atoms with Gasteiger partial charge in [-0.2, -0.15) is 0 Å². The Labute approximate surface area is 138 Å². The molecule has 0 unspecified atom stereocenters. The summed E-state index contributed by atoms with van der Waals surface area (Å²) in [7, 11) is 0. The Hall–Kier alpha value is -2.09. The molecular weight excluding hydrogens is 282 g/mol. The minimum absolute atomic E-state index is 0.0426. The van der Waals surface area contributed by atoms with Crippen LogP contribution in [0, 0.1) is 11.8 Å². The van der Waals surface area contributed by atoms with Crippen LogP contribution in [0.4, 0.5) is 0 Å². The van der Waals surface area contributed by atoms with E-state index in [0.29, 0.717) is 5.92 Å². The predicted molar refractivity (Wildman–Crippen MR) is 94.3 cm³/mol. The summed E-state index contributed by atoms with van der Waals surface area (Å²) in [5, 5.41) is 3.20. The van der Waals surface area contributed by atoms with Crippen molar-refractivity contribution in [2.24, 2.45) is 11.8 Å². The number of carbonyl (C=O) groups is 1. The third kappa shape index (κ3) is 3.31. The lowest BCUT2D eigenvalue weighted by Crippen LogP contribution is -2.37. The van der Waals surface area contributed by atoms with E-state index in [9.17, 15) is 4.79 Å². The van der Waals surface area contributed by atoms with Crippen LogP contribution < -0.4 is 5.32 Å². The lowest BCUT2D eigenvalue weighted by molar-refractivity contribution is -0.123. The number of carbonyl (C=O) groups excluding carboxylic acids is 1. The Morgan fingerprint density at radius 3 is 1.65 bits per heavy atom. The van der Waals surface area contributed by atoms with Crippen molar-refractivity contribution < 1.29 is 4.79 Å². The molecule has 3 atom stereocenters. The predicted octanol–water partition coefficient (Wildman–Crippen LogP) is 4.34. The molecule has 2 aromatic rings. The van der Waals surface area contributed by atoms with Crippen molar-refractivity contribution in [3.05, 3.63) is 71.8 Å². The van der Waals surface area contributed by atoms with Gasteiger partial charge in [0.05, 0.1) is 5.92 Å².